The molecule has 0 saturated carbocycles. The number of rotatable bonds is 31. The monoisotopic (exact) mass is 887 g/mol. The van der Waals surface area contributed by atoms with Gasteiger partial charge in [0.15, 0.2) is 0 Å². The minimum atomic E-state index is -1.35. The van der Waals surface area contributed by atoms with Gasteiger partial charge < -0.3 is 59.5 Å². The molecule has 0 aromatic rings. The first-order valence-corrected chi connectivity index (χ1v) is 22.4. The lowest BCUT2D eigenvalue weighted by molar-refractivity contribution is -0.139. The third-order valence-corrected chi connectivity index (χ3v) is 10.5. The Bertz CT molecular complexity index is 1470. The van der Waals surface area contributed by atoms with Crippen LogP contribution in [0.2, 0.25) is 0 Å². The third-order valence-electron chi connectivity index (χ3n) is 9.90. The van der Waals surface area contributed by atoms with Gasteiger partial charge in [0.05, 0.1) is 6.04 Å². The van der Waals surface area contributed by atoms with Gasteiger partial charge in [0, 0.05) is 6.42 Å². The summed E-state index contributed by atoms with van der Waals surface area (Å²) < 4.78 is 0. The summed E-state index contributed by atoms with van der Waals surface area (Å²) in [7, 11) is 0. The Morgan fingerprint density at radius 1 is 0.607 bits per heavy atom. The van der Waals surface area contributed by atoms with Crippen LogP contribution in [0.5, 0.6) is 0 Å². The van der Waals surface area contributed by atoms with E-state index in [9.17, 15) is 43.2 Å². The normalized spacial score (nSPS) is 15.2. The first-order valence-electron chi connectivity index (χ1n) is 21.0. The molecule has 350 valence electrons. The topological polar surface area (TPSA) is 336 Å². The minimum Gasteiger partial charge on any atom is -0.480 e. The first kappa shape index (κ1) is 56.5. The fraction of sp³-hybridized carbons (Fsp3) is 0.775. The van der Waals surface area contributed by atoms with Gasteiger partial charge in [0.1, 0.15) is 42.8 Å². The molecule has 8 atom stereocenters. The fourth-order valence-electron chi connectivity index (χ4n) is 6.01. The van der Waals surface area contributed by atoms with Crippen LogP contribution in [0.25, 0.3) is 0 Å². The molecule has 21 heteroatoms. The summed E-state index contributed by atoms with van der Waals surface area (Å²) in [5.41, 5.74) is 17.0. The summed E-state index contributed by atoms with van der Waals surface area (Å²) in [5, 5.41) is 27.3. The Hall–Kier alpha value is -4.50. The molecule has 0 bridgehead atoms. The molecule has 20 nitrogen and oxygen atoms in total. The molecule has 0 rings (SSSR count). The molecular weight excluding hydrogens is 813 g/mol. The molecule has 0 aromatic heterocycles. The van der Waals surface area contributed by atoms with E-state index < -0.39 is 114 Å². The molecule has 0 spiro atoms. The molecule has 0 unspecified atom stereocenters. The number of carboxylic acids is 1. The van der Waals surface area contributed by atoms with Crippen LogP contribution in [-0.4, -0.2) is 126 Å². The van der Waals surface area contributed by atoms with Gasteiger partial charge >= 0.3 is 5.97 Å². The maximum atomic E-state index is 14.0. The van der Waals surface area contributed by atoms with E-state index in [1.165, 1.54) is 11.8 Å². The van der Waals surface area contributed by atoms with Gasteiger partial charge in [-0.3, -0.25) is 43.2 Å². The van der Waals surface area contributed by atoms with Crippen LogP contribution < -0.4 is 54.4 Å². The van der Waals surface area contributed by atoms with Crippen LogP contribution in [0.3, 0.4) is 0 Å². The van der Waals surface area contributed by atoms with E-state index in [0.29, 0.717) is 38.0 Å². The van der Waals surface area contributed by atoms with Gasteiger partial charge in [-0.2, -0.15) is 11.8 Å². The van der Waals surface area contributed by atoms with Crippen molar-refractivity contribution in [3.8, 4) is 0 Å². The van der Waals surface area contributed by atoms with Crippen molar-refractivity contribution < 1.29 is 48.3 Å². The third kappa shape index (κ3) is 22.2. The van der Waals surface area contributed by atoms with Crippen molar-refractivity contribution in [3.63, 3.8) is 0 Å². The highest BCUT2D eigenvalue weighted by molar-refractivity contribution is 7.98. The predicted molar refractivity (Wildman–Crippen MR) is 233 cm³/mol. The van der Waals surface area contributed by atoms with Crippen molar-refractivity contribution >= 4 is 65.0 Å². The van der Waals surface area contributed by atoms with E-state index in [0.717, 1.165) is 0 Å². The quantitative estimate of drug-likeness (QED) is 0.0372. The Morgan fingerprint density at radius 3 is 1.54 bits per heavy atom. The summed E-state index contributed by atoms with van der Waals surface area (Å²) in [5.74, 6) is -7.76. The summed E-state index contributed by atoms with van der Waals surface area (Å²) in [6.45, 7) is 13.6. The molecule has 61 heavy (non-hydrogen) atoms. The Balaban J connectivity index is 6.40. The van der Waals surface area contributed by atoms with Gasteiger partial charge in [0.25, 0.3) is 0 Å². The second-order valence-corrected chi connectivity index (χ2v) is 17.4. The summed E-state index contributed by atoms with van der Waals surface area (Å²) in [6, 6.07) is -7.89. The maximum Gasteiger partial charge on any atom is 0.322 e. The van der Waals surface area contributed by atoms with Crippen molar-refractivity contribution in [1.29, 1.82) is 0 Å². The van der Waals surface area contributed by atoms with E-state index in [-0.39, 0.29) is 37.5 Å². The van der Waals surface area contributed by atoms with E-state index in [4.69, 9.17) is 22.3 Å². The van der Waals surface area contributed by atoms with E-state index in [1.54, 1.807) is 41.5 Å². The number of hydrogen-bond acceptors (Lipinski definition) is 12. The minimum absolute atomic E-state index is 0.114. The second kappa shape index (κ2) is 29.7. The molecule has 0 aliphatic carbocycles. The molecule has 0 aromatic carbocycles. The van der Waals surface area contributed by atoms with E-state index >= 15 is 0 Å². The van der Waals surface area contributed by atoms with Crippen LogP contribution >= 0.6 is 11.8 Å². The highest BCUT2D eigenvalue weighted by atomic mass is 32.2. The van der Waals surface area contributed by atoms with Gasteiger partial charge in [-0.1, -0.05) is 61.8 Å². The smallest absolute Gasteiger partial charge is 0.322 e. The lowest BCUT2D eigenvalue weighted by Gasteiger charge is -2.31. The number of nitrogens with one attached hydrogen (secondary N) is 7. The summed E-state index contributed by atoms with van der Waals surface area (Å²) >= 11 is 1.54. The number of amides is 8. The lowest BCUT2D eigenvalue weighted by atomic mass is 9.95. The van der Waals surface area contributed by atoms with E-state index in [2.05, 4.69) is 37.2 Å². The number of carbonyl (C=O) groups is 9. The van der Waals surface area contributed by atoms with Gasteiger partial charge in [0.2, 0.25) is 47.3 Å². The number of carboxylic acid groups (broad SMARTS) is 1. The first-order chi connectivity index (χ1) is 28.5. The summed E-state index contributed by atoms with van der Waals surface area (Å²) in [6.07, 6.45) is 3.54. The number of nitrogens with two attached hydrogens (primary N) is 3. The zero-order valence-electron chi connectivity index (χ0n) is 37.4. The molecule has 0 saturated heterocycles. The largest absolute Gasteiger partial charge is 0.480 e. The highest BCUT2D eigenvalue weighted by Crippen LogP contribution is 2.14. The number of aliphatic carboxylic acids is 1. The van der Waals surface area contributed by atoms with Crippen molar-refractivity contribution in [2.45, 2.75) is 149 Å². The lowest BCUT2D eigenvalue weighted by Crippen LogP contribution is -2.62. The molecule has 0 aliphatic heterocycles. The van der Waals surface area contributed by atoms with Crippen LogP contribution in [0.1, 0.15) is 107 Å². The second-order valence-electron chi connectivity index (χ2n) is 16.4. The Morgan fingerprint density at radius 2 is 1.08 bits per heavy atom. The summed E-state index contributed by atoms with van der Waals surface area (Å²) in [4.78, 5) is 117. The average molecular weight is 887 g/mol. The van der Waals surface area contributed by atoms with Gasteiger partial charge in [-0.25, -0.2) is 0 Å². The maximum absolute atomic E-state index is 14.0. The molecule has 8 amide bonds. The van der Waals surface area contributed by atoms with Crippen molar-refractivity contribution in [3.05, 3.63) is 0 Å². The standard InChI is InChI=1S/C40H74N10O10S/c1-10-24(8)33(40(60)49-32(23(6)7)39(59)46-27(14-15-29(43)51)35(55)44-20-30(52)53)50-37(57)28(19-21(2)3)47-36(56)26(13-11-12-17-41)45-38(58)31(22(4)5)48-34(54)25(42)16-18-61-9/h21-28,31-33H,10-20,41-42H2,1-9H3,(H2,43,51)(H,44,55)(H,45,58)(H,46,59)(H,47,56)(H,48,54)(H,49,60)(H,50,57)(H,52,53)/t24-,25-,26-,27-,28-,31-,32-,33-/m0/s1. The van der Waals surface area contributed by atoms with Crippen molar-refractivity contribution in [2.24, 2.45) is 40.9 Å². The molecule has 14 N–H and O–H groups in total. The number of primary amides is 1. The van der Waals surface area contributed by atoms with Crippen LogP contribution in [-0.2, 0) is 43.2 Å². The fourth-order valence-corrected chi connectivity index (χ4v) is 6.50. The molecule has 0 radical (unpaired) electrons. The van der Waals surface area contributed by atoms with E-state index in [1.807, 2.05) is 20.1 Å². The molecule has 0 aliphatic rings. The van der Waals surface area contributed by atoms with Crippen molar-refractivity contribution in [1.82, 2.24) is 37.2 Å². The SMILES string of the molecule is CC[C@H](C)[C@H](NC(=O)[C@H](CC(C)C)NC(=O)[C@H](CCCCN)NC(=O)[C@@H](NC(=O)[C@@H](N)CCSC)C(C)C)C(=O)N[C@H](C(=O)N[C@@H](CCC(N)=O)C(=O)NCC(=O)O)C(C)C. The zero-order chi connectivity index (χ0) is 47.0. The number of carbonyl (C=O) groups excluding carboxylic acids is 8. The van der Waals surface area contributed by atoms with Gasteiger partial charge in [-0.05, 0) is 80.7 Å². The van der Waals surface area contributed by atoms with Crippen LogP contribution in [0.4, 0.5) is 0 Å². The zero-order valence-corrected chi connectivity index (χ0v) is 38.2. The number of thioether (sulfide) groups is 1. The van der Waals surface area contributed by atoms with Gasteiger partial charge in [-0.15, -0.1) is 0 Å². The predicted octanol–water partition coefficient (Wildman–Crippen LogP) is -1.02. The van der Waals surface area contributed by atoms with Crippen LogP contribution in [0, 0.1) is 23.7 Å². The van der Waals surface area contributed by atoms with Crippen LogP contribution in [0.15, 0.2) is 0 Å². The molecule has 0 fully saturated rings. The molecule has 0 heterocycles. The Labute approximate surface area is 364 Å². The average Bonchev–Trinajstić information content (AvgIpc) is 3.18. The Kier molecular flexibility index (Phi) is 27.5. The number of unbranched alkanes of at least 4 members (excludes halogenated alkanes) is 1. The number of hydrogen-bond donors (Lipinski definition) is 11. The highest BCUT2D eigenvalue weighted by Gasteiger charge is 2.36. The molecular formula is C40H74N10O10S. The van der Waals surface area contributed by atoms with Crippen molar-refractivity contribution in [2.75, 3.05) is 25.1 Å².